The normalized spacial score (nSPS) is 17.1. The number of hydrogen-bond donors (Lipinski definition) is 1. The number of aromatic carboxylic acids is 1. The predicted molar refractivity (Wildman–Crippen MR) is 57.9 cm³/mol. The van der Waals surface area contributed by atoms with Crippen molar-refractivity contribution in [1.29, 1.82) is 0 Å². The highest BCUT2D eigenvalue weighted by Crippen LogP contribution is 2.30. The monoisotopic (exact) mass is 260 g/mol. The average molecular weight is 260 g/mol. The number of alkyl halides is 2. The Balaban J connectivity index is 2.23. The number of aromatic nitrogens is 2. The number of carbonyl (C=O) groups is 1. The van der Waals surface area contributed by atoms with Gasteiger partial charge in [-0.2, -0.15) is 8.78 Å². The van der Waals surface area contributed by atoms with E-state index in [2.05, 4.69) is 9.84 Å². The molecule has 1 fully saturated rings. The van der Waals surface area contributed by atoms with Gasteiger partial charge in [-0.05, 0) is 12.8 Å². The Hall–Kier alpha value is -1.66. The molecule has 5 nitrogen and oxygen atoms in total. The fourth-order valence-electron chi connectivity index (χ4n) is 2.23. The number of hydrogen-bond acceptors (Lipinski definition) is 3. The lowest BCUT2D eigenvalue weighted by Gasteiger charge is -2.21. The van der Waals surface area contributed by atoms with Gasteiger partial charge < -0.3 is 9.84 Å². The summed E-state index contributed by atoms with van der Waals surface area (Å²) in [6.07, 6.45) is 6.26. The molecule has 0 atom stereocenters. The van der Waals surface area contributed by atoms with Crippen LogP contribution >= 0.6 is 0 Å². The van der Waals surface area contributed by atoms with Gasteiger partial charge in [0.2, 0.25) is 0 Å². The average Bonchev–Trinajstić information content (AvgIpc) is 2.73. The third kappa shape index (κ3) is 2.77. The first-order valence-corrected chi connectivity index (χ1v) is 5.85. The highest BCUT2D eigenvalue weighted by Gasteiger charge is 2.24. The zero-order chi connectivity index (χ0) is 13.1. The Morgan fingerprint density at radius 1 is 1.44 bits per heavy atom. The molecule has 1 aliphatic rings. The minimum atomic E-state index is -3.07. The van der Waals surface area contributed by atoms with E-state index in [1.165, 1.54) is 10.9 Å². The van der Waals surface area contributed by atoms with Gasteiger partial charge in [0.15, 0.2) is 0 Å². The van der Waals surface area contributed by atoms with Gasteiger partial charge >= 0.3 is 12.6 Å². The first kappa shape index (κ1) is 12.8. The third-order valence-corrected chi connectivity index (χ3v) is 3.08. The molecule has 0 amide bonds. The van der Waals surface area contributed by atoms with Crippen LogP contribution in [0, 0.1) is 0 Å². The molecule has 0 bridgehead atoms. The van der Waals surface area contributed by atoms with E-state index in [1.807, 2.05) is 0 Å². The lowest BCUT2D eigenvalue weighted by molar-refractivity contribution is -0.0538. The van der Waals surface area contributed by atoms with E-state index in [-0.39, 0.29) is 11.6 Å². The van der Waals surface area contributed by atoms with Gasteiger partial charge in [-0.3, -0.25) is 4.68 Å². The van der Waals surface area contributed by atoms with Crippen molar-refractivity contribution in [2.75, 3.05) is 0 Å². The van der Waals surface area contributed by atoms with Crippen LogP contribution in [0.3, 0.4) is 0 Å². The second-order valence-electron chi connectivity index (χ2n) is 4.30. The summed E-state index contributed by atoms with van der Waals surface area (Å²) in [5, 5.41) is 12.7. The number of nitrogens with zero attached hydrogens (tertiary/aromatic N) is 2. The van der Waals surface area contributed by atoms with E-state index in [0.29, 0.717) is 0 Å². The predicted octanol–water partition coefficient (Wildman–Crippen LogP) is 2.69. The van der Waals surface area contributed by atoms with Gasteiger partial charge in [0.05, 0.1) is 6.04 Å². The second kappa shape index (κ2) is 5.32. The number of rotatable bonds is 4. The van der Waals surface area contributed by atoms with Crippen molar-refractivity contribution in [3.8, 4) is 5.88 Å². The highest BCUT2D eigenvalue weighted by molar-refractivity contribution is 5.89. The van der Waals surface area contributed by atoms with Crippen molar-refractivity contribution in [3.63, 3.8) is 0 Å². The number of ether oxygens (including phenoxy) is 1. The van der Waals surface area contributed by atoms with Gasteiger partial charge in [-0.25, -0.2) is 4.79 Å². The number of carboxylic acids is 1. The van der Waals surface area contributed by atoms with Crippen molar-refractivity contribution in [2.24, 2.45) is 0 Å². The highest BCUT2D eigenvalue weighted by atomic mass is 19.3. The largest absolute Gasteiger partial charge is 0.477 e. The van der Waals surface area contributed by atoms with Crippen LogP contribution in [0.1, 0.15) is 48.5 Å². The summed E-state index contributed by atoms with van der Waals surface area (Å²) in [6, 6.07) is 0.0758. The Labute approximate surface area is 102 Å². The SMILES string of the molecule is O=C(O)c1cn(C2CCCCC2)nc1OC(F)F. The van der Waals surface area contributed by atoms with E-state index in [1.54, 1.807) is 0 Å². The molecule has 1 aliphatic carbocycles. The van der Waals surface area contributed by atoms with E-state index in [4.69, 9.17) is 5.11 Å². The topological polar surface area (TPSA) is 64.3 Å². The van der Waals surface area contributed by atoms with Crippen molar-refractivity contribution in [1.82, 2.24) is 9.78 Å². The molecule has 2 rings (SSSR count). The van der Waals surface area contributed by atoms with Crippen molar-refractivity contribution in [3.05, 3.63) is 11.8 Å². The van der Waals surface area contributed by atoms with E-state index >= 15 is 0 Å². The van der Waals surface area contributed by atoms with Crippen molar-refractivity contribution >= 4 is 5.97 Å². The van der Waals surface area contributed by atoms with Crippen LogP contribution in [0.2, 0.25) is 0 Å². The summed E-state index contributed by atoms with van der Waals surface area (Å²) in [4.78, 5) is 10.9. The van der Waals surface area contributed by atoms with Crippen LogP contribution < -0.4 is 4.74 Å². The molecule has 0 aromatic carbocycles. The molecule has 1 aromatic heterocycles. The zero-order valence-electron chi connectivity index (χ0n) is 9.68. The lowest BCUT2D eigenvalue weighted by atomic mass is 9.96. The Kier molecular flexibility index (Phi) is 3.78. The maximum Gasteiger partial charge on any atom is 0.388 e. The van der Waals surface area contributed by atoms with Crippen molar-refractivity contribution < 1.29 is 23.4 Å². The minimum absolute atomic E-state index is 0.0758. The standard InChI is InChI=1S/C11H14F2N2O3/c12-11(13)18-9-8(10(16)17)6-15(14-9)7-4-2-1-3-5-7/h6-7,11H,1-5H2,(H,16,17). The molecule has 1 heterocycles. The summed E-state index contributed by atoms with van der Waals surface area (Å²) in [5.74, 6) is -1.82. The lowest BCUT2D eigenvalue weighted by Crippen LogP contribution is -2.13. The summed E-state index contributed by atoms with van der Waals surface area (Å²) in [6.45, 7) is -3.07. The first-order chi connectivity index (χ1) is 8.58. The zero-order valence-corrected chi connectivity index (χ0v) is 9.68. The van der Waals surface area contributed by atoms with Crippen LogP contribution in [-0.4, -0.2) is 27.5 Å². The van der Waals surface area contributed by atoms with E-state index in [0.717, 1.165) is 32.1 Å². The van der Waals surface area contributed by atoms with Crippen LogP contribution in [0.5, 0.6) is 5.88 Å². The molecule has 0 saturated heterocycles. The fraction of sp³-hybridized carbons (Fsp3) is 0.636. The molecule has 0 aliphatic heterocycles. The maximum absolute atomic E-state index is 12.2. The molecule has 7 heteroatoms. The fourth-order valence-corrected chi connectivity index (χ4v) is 2.23. The summed E-state index contributed by atoms with van der Waals surface area (Å²) in [5.41, 5.74) is -0.319. The number of carboxylic acid groups (broad SMARTS) is 1. The van der Waals surface area contributed by atoms with Gasteiger partial charge in [-0.1, -0.05) is 19.3 Å². The Morgan fingerprint density at radius 3 is 2.67 bits per heavy atom. The van der Waals surface area contributed by atoms with Gasteiger partial charge in [-0.15, -0.1) is 5.10 Å². The molecule has 0 unspecified atom stereocenters. The van der Waals surface area contributed by atoms with Crippen LogP contribution in [0.4, 0.5) is 8.78 Å². The summed E-state index contributed by atoms with van der Waals surface area (Å²) in [7, 11) is 0. The van der Waals surface area contributed by atoms with Crippen molar-refractivity contribution in [2.45, 2.75) is 44.8 Å². The summed E-state index contributed by atoms with van der Waals surface area (Å²) >= 11 is 0. The molecule has 0 radical (unpaired) electrons. The van der Waals surface area contributed by atoms with Gasteiger partial charge in [0.1, 0.15) is 5.56 Å². The quantitative estimate of drug-likeness (QED) is 0.903. The molecule has 0 spiro atoms. The maximum atomic E-state index is 12.2. The summed E-state index contributed by atoms with van der Waals surface area (Å²) < 4.78 is 29.9. The second-order valence-corrected chi connectivity index (χ2v) is 4.30. The third-order valence-electron chi connectivity index (χ3n) is 3.08. The molecule has 1 saturated carbocycles. The molecular weight excluding hydrogens is 246 g/mol. The van der Waals surface area contributed by atoms with Gasteiger partial charge in [0, 0.05) is 6.20 Å². The number of halogens is 2. The van der Waals surface area contributed by atoms with Crippen LogP contribution in [0.25, 0.3) is 0 Å². The molecular formula is C11H14F2N2O3. The van der Waals surface area contributed by atoms with E-state index < -0.39 is 18.5 Å². The molecule has 18 heavy (non-hydrogen) atoms. The van der Waals surface area contributed by atoms with Crippen LogP contribution in [-0.2, 0) is 0 Å². The first-order valence-electron chi connectivity index (χ1n) is 5.85. The van der Waals surface area contributed by atoms with Crippen LogP contribution in [0.15, 0.2) is 6.20 Å². The van der Waals surface area contributed by atoms with Gasteiger partial charge in [0.25, 0.3) is 5.88 Å². The molecule has 100 valence electrons. The molecule has 1 N–H and O–H groups in total. The minimum Gasteiger partial charge on any atom is -0.477 e. The smallest absolute Gasteiger partial charge is 0.388 e. The van der Waals surface area contributed by atoms with E-state index in [9.17, 15) is 13.6 Å². The Bertz CT molecular complexity index is 428. The Morgan fingerprint density at radius 2 is 2.11 bits per heavy atom. The molecule has 1 aromatic rings.